The molecule has 4 nitrogen and oxygen atoms in total. The molecule has 0 atom stereocenters. The summed E-state index contributed by atoms with van der Waals surface area (Å²) in [5.74, 6) is 0.526. The second-order valence-electron chi connectivity index (χ2n) is 6.17. The monoisotopic (exact) mass is 371 g/mol. The van der Waals surface area contributed by atoms with Gasteiger partial charge in [-0.2, -0.15) is 0 Å². The molecule has 0 bridgehead atoms. The van der Waals surface area contributed by atoms with Crippen molar-refractivity contribution < 1.29 is 0 Å². The van der Waals surface area contributed by atoms with Gasteiger partial charge in [0.1, 0.15) is 4.83 Å². The summed E-state index contributed by atoms with van der Waals surface area (Å²) in [6, 6.07) is 7.39. The lowest BCUT2D eigenvalue weighted by molar-refractivity contribution is 0.698. The van der Waals surface area contributed by atoms with Crippen LogP contribution in [0.4, 0.5) is 11.6 Å². The van der Waals surface area contributed by atoms with E-state index in [4.69, 9.17) is 16.6 Å². The number of halogens is 1. The van der Waals surface area contributed by atoms with Gasteiger partial charge in [0.15, 0.2) is 0 Å². The van der Waals surface area contributed by atoms with Crippen molar-refractivity contribution in [2.24, 2.45) is 0 Å². The van der Waals surface area contributed by atoms with E-state index >= 15 is 0 Å². The van der Waals surface area contributed by atoms with Gasteiger partial charge in [-0.05, 0) is 49.4 Å². The number of rotatable bonds is 4. The molecule has 0 radical (unpaired) electrons. The average Bonchev–Trinajstić information content (AvgIpc) is 2.96. The molecule has 0 amide bonds. The number of benzene rings is 1. The van der Waals surface area contributed by atoms with E-state index in [0.717, 1.165) is 35.2 Å². The Kier molecular flexibility index (Phi) is 4.36. The van der Waals surface area contributed by atoms with Crippen LogP contribution in [0.1, 0.15) is 23.3 Å². The van der Waals surface area contributed by atoms with Crippen LogP contribution in [0.2, 0.25) is 5.02 Å². The molecule has 2 heterocycles. The van der Waals surface area contributed by atoms with Gasteiger partial charge in [-0.25, -0.2) is 4.98 Å². The minimum absolute atomic E-state index is 0.00817. The Hall–Kier alpha value is -2.11. The summed E-state index contributed by atoms with van der Waals surface area (Å²) in [6.07, 6.45) is 6.07. The van der Waals surface area contributed by atoms with Crippen molar-refractivity contribution in [3.05, 3.63) is 62.7 Å². The van der Waals surface area contributed by atoms with E-state index in [1.54, 1.807) is 22.0 Å². The topological polar surface area (TPSA) is 46.9 Å². The number of nitrogens with one attached hydrogen (secondary N) is 1. The second-order valence-corrected chi connectivity index (χ2v) is 7.69. The van der Waals surface area contributed by atoms with E-state index in [-0.39, 0.29) is 5.56 Å². The van der Waals surface area contributed by atoms with Crippen LogP contribution in [0.3, 0.4) is 0 Å². The number of anilines is 2. The molecule has 0 aliphatic heterocycles. The van der Waals surface area contributed by atoms with Gasteiger partial charge in [0.05, 0.1) is 5.39 Å². The van der Waals surface area contributed by atoms with Gasteiger partial charge in [0.2, 0.25) is 5.95 Å². The molecule has 0 unspecified atom stereocenters. The first-order valence-electron chi connectivity index (χ1n) is 8.36. The Morgan fingerprint density at radius 2 is 2.20 bits per heavy atom. The van der Waals surface area contributed by atoms with E-state index in [1.165, 1.54) is 16.9 Å². The number of allylic oxidation sites excluding steroid dienone is 1. The summed E-state index contributed by atoms with van der Waals surface area (Å²) in [7, 11) is 0. The Bertz CT molecular complexity index is 1020. The van der Waals surface area contributed by atoms with Crippen LogP contribution in [-0.4, -0.2) is 9.55 Å². The van der Waals surface area contributed by atoms with Crippen molar-refractivity contribution in [3.8, 4) is 0 Å². The standard InChI is InChI=1S/C19H18ClN3OS/c1-2-10-23-18(24)16-14-8-3-4-9-15(14)25-17(16)22-19(23)21-13-7-5-6-12(20)11-13/h2,5-7,11H,1,3-4,8-10H2,(H,21,22). The molecule has 3 aromatic rings. The summed E-state index contributed by atoms with van der Waals surface area (Å²) in [5.41, 5.74) is 2.02. The maximum Gasteiger partial charge on any atom is 0.264 e. The maximum atomic E-state index is 13.1. The first-order chi connectivity index (χ1) is 12.2. The van der Waals surface area contributed by atoms with Crippen LogP contribution in [0.25, 0.3) is 10.2 Å². The number of fused-ring (bicyclic) bond motifs is 3. The minimum Gasteiger partial charge on any atom is -0.325 e. The Labute approximate surface area is 154 Å². The van der Waals surface area contributed by atoms with Crippen molar-refractivity contribution in [1.82, 2.24) is 9.55 Å². The van der Waals surface area contributed by atoms with Crippen molar-refractivity contribution >= 4 is 44.8 Å². The smallest absolute Gasteiger partial charge is 0.264 e. The molecule has 4 rings (SSSR count). The van der Waals surface area contributed by atoms with E-state index < -0.39 is 0 Å². The summed E-state index contributed by atoms with van der Waals surface area (Å²) < 4.78 is 1.65. The largest absolute Gasteiger partial charge is 0.325 e. The van der Waals surface area contributed by atoms with Crippen LogP contribution in [0, 0.1) is 0 Å². The Morgan fingerprint density at radius 3 is 3.00 bits per heavy atom. The first-order valence-corrected chi connectivity index (χ1v) is 9.55. The van der Waals surface area contributed by atoms with Gasteiger partial charge < -0.3 is 5.32 Å². The molecule has 128 valence electrons. The highest BCUT2D eigenvalue weighted by molar-refractivity contribution is 7.18. The summed E-state index contributed by atoms with van der Waals surface area (Å²) in [6.45, 7) is 4.19. The third-order valence-electron chi connectivity index (χ3n) is 4.47. The van der Waals surface area contributed by atoms with Crippen molar-refractivity contribution in [3.63, 3.8) is 0 Å². The summed E-state index contributed by atoms with van der Waals surface area (Å²) >= 11 is 7.72. The van der Waals surface area contributed by atoms with Crippen LogP contribution < -0.4 is 10.9 Å². The van der Waals surface area contributed by atoms with Gasteiger partial charge in [-0.15, -0.1) is 17.9 Å². The quantitative estimate of drug-likeness (QED) is 0.662. The van der Waals surface area contributed by atoms with Gasteiger partial charge >= 0.3 is 0 Å². The predicted molar refractivity (Wildman–Crippen MR) is 105 cm³/mol. The van der Waals surface area contributed by atoms with Crippen LogP contribution >= 0.6 is 22.9 Å². The molecule has 0 spiro atoms. The zero-order valence-corrected chi connectivity index (χ0v) is 15.3. The van der Waals surface area contributed by atoms with Crippen LogP contribution in [0.15, 0.2) is 41.7 Å². The zero-order chi connectivity index (χ0) is 17.4. The minimum atomic E-state index is 0.00817. The predicted octanol–water partition coefficient (Wildman–Crippen LogP) is 4.92. The third kappa shape index (κ3) is 2.98. The van der Waals surface area contributed by atoms with Gasteiger partial charge in [0, 0.05) is 22.1 Å². The normalized spacial score (nSPS) is 13.6. The molecular weight excluding hydrogens is 354 g/mol. The zero-order valence-electron chi connectivity index (χ0n) is 13.7. The molecular formula is C19H18ClN3OS. The summed E-state index contributed by atoms with van der Waals surface area (Å²) in [4.78, 5) is 20.0. The number of aryl methyl sites for hydroxylation is 2. The maximum absolute atomic E-state index is 13.1. The lowest BCUT2D eigenvalue weighted by Crippen LogP contribution is -2.24. The fourth-order valence-corrected chi connectivity index (χ4v) is 4.77. The number of aromatic nitrogens is 2. The lowest BCUT2D eigenvalue weighted by Gasteiger charge is -2.14. The fourth-order valence-electron chi connectivity index (χ4n) is 3.33. The molecule has 2 aromatic heterocycles. The lowest BCUT2D eigenvalue weighted by atomic mass is 9.97. The van der Waals surface area contributed by atoms with Gasteiger partial charge in [-0.1, -0.05) is 23.7 Å². The average molecular weight is 372 g/mol. The highest BCUT2D eigenvalue weighted by atomic mass is 35.5. The fraction of sp³-hybridized carbons (Fsp3) is 0.263. The highest BCUT2D eigenvalue weighted by Crippen LogP contribution is 2.34. The number of nitrogens with zero attached hydrogens (tertiary/aromatic N) is 2. The molecule has 0 saturated heterocycles. The Balaban J connectivity index is 1.89. The van der Waals surface area contributed by atoms with Crippen LogP contribution in [0.5, 0.6) is 0 Å². The van der Waals surface area contributed by atoms with Crippen molar-refractivity contribution in [1.29, 1.82) is 0 Å². The third-order valence-corrected chi connectivity index (χ3v) is 5.89. The molecule has 0 saturated carbocycles. The van der Waals surface area contributed by atoms with Crippen molar-refractivity contribution in [2.45, 2.75) is 32.2 Å². The molecule has 6 heteroatoms. The molecule has 1 aliphatic carbocycles. The van der Waals surface area contributed by atoms with Crippen molar-refractivity contribution in [2.75, 3.05) is 5.32 Å². The van der Waals surface area contributed by atoms with E-state index in [9.17, 15) is 4.79 Å². The van der Waals surface area contributed by atoms with E-state index in [1.807, 2.05) is 24.3 Å². The SMILES string of the molecule is C=CCn1c(Nc2cccc(Cl)c2)nc2sc3c(c2c1=O)CCCC3. The number of hydrogen-bond donors (Lipinski definition) is 1. The molecule has 1 aliphatic rings. The molecule has 25 heavy (non-hydrogen) atoms. The molecule has 1 aromatic carbocycles. The number of thiophene rings is 1. The van der Waals surface area contributed by atoms with Crippen LogP contribution in [-0.2, 0) is 19.4 Å². The first kappa shape index (κ1) is 16.4. The number of hydrogen-bond acceptors (Lipinski definition) is 4. The second kappa shape index (κ2) is 6.65. The van der Waals surface area contributed by atoms with E-state index in [2.05, 4.69) is 11.9 Å². The van der Waals surface area contributed by atoms with Gasteiger partial charge in [-0.3, -0.25) is 9.36 Å². The summed E-state index contributed by atoms with van der Waals surface area (Å²) in [5, 5.41) is 4.66. The molecule has 1 N–H and O–H groups in total. The highest BCUT2D eigenvalue weighted by Gasteiger charge is 2.21. The van der Waals surface area contributed by atoms with Gasteiger partial charge in [0.25, 0.3) is 5.56 Å². The Morgan fingerprint density at radius 1 is 1.36 bits per heavy atom. The molecule has 0 fully saturated rings. The van der Waals surface area contributed by atoms with E-state index in [0.29, 0.717) is 17.5 Å².